The van der Waals surface area contributed by atoms with E-state index >= 15 is 0 Å². The highest BCUT2D eigenvalue weighted by Crippen LogP contribution is 2.05. The first-order valence-corrected chi connectivity index (χ1v) is 7.26. The molecule has 1 aromatic rings. The minimum absolute atomic E-state index is 0.0661. The quantitative estimate of drug-likeness (QED) is 0.776. The fourth-order valence-electron chi connectivity index (χ4n) is 2.14. The van der Waals surface area contributed by atoms with Gasteiger partial charge in [0.2, 0.25) is 5.91 Å². The van der Waals surface area contributed by atoms with E-state index in [2.05, 4.69) is 15.5 Å². The van der Waals surface area contributed by atoms with E-state index in [9.17, 15) is 14.0 Å². The maximum absolute atomic E-state index is 13.4. The summed E-state index contributed by atoms with van der Waals surface area (Å²) in [5.74, 6) is -1.49. The van der Waals surface area contributed by atoms with E-state index in [1.165, 1.54) is 18.2 Å². The average molecular weight is 309 g/mol. The molecule has 0 saturated carbocycles. The number of benzene rings is 1. The van der Waals surface area contributed by atoms with Crippen molar-refractivity contribution in [2.24, 2.45) is 0 Å². The van der Waals surface area contributed by atoms with Gasteiger partial charge in [0.15, 0.2) is 0 Å². The number of carbonyl (C=O) groups excluding carboxylic acids is 2. The number of halogens is 1. The number of nitrogens with one attached hydrogen (secondary N) is 2. The SMILES string of the molecule is O=C(CNC(=O)c1ccccc1F)NCCN1CCOCC1. The number of carbonyl (C=O) groups is 2. The molecule has 0 bridgehead atoms. The Morgan fingerprint density at radius 1 is 1.18 bits per heavy atom. The van der Waals surface area contributed by atoms with E-state index in [1.807, 2.05) is 0 Å². The summed E-state index contributed by atoms with van der Waals surface area (Å²) in [6.07, 6.45) is 0. The molecular weight excluding hydrogens is 289 g/mol. The lowest BCUT2D eigenvalue weighted by molar-refractivity contribution is -0.120. The molecule has 1 saturated heterocycles. The van der Waals surface area contributed by atoms with Crippen LogP contribution in [0.25, 0.3) is 0 Å². The van der Waals surface area contributed by atoms with Crippen LogP contribution in [0.1, 0.15) is 10.4 Å². The minimum atomic E-state index is -0.604. The summed E-state index contributed by atoms with van der Waals surface area (Å²) in [4.78, 5) is 25.6. The highest BCUT2D eigenvalue weighted by Gasteiger charge is 2.13. The first-order valence-electron chi connectivity index (χ1n) is 7.26. The number of hydrogen-bond acceptors (Lipinski definition) is 4. The summed E-state index contributed by atoms with van der Waals surface area (Å²) in [7, 11) is 0. The van der Waals surface area contributed by atoms with Gasteiger partial charge in [-0.1, -0.05) is 12.1 Å². The van der Waals surface area contributed by atoms with Gasteiger partial charge in [0.25, 0.3) is 5.91 Å². The highest BCUT2D eigenvalue weighted by molar-refractivity contribution is 5.96. The molecule has 0 radical (unpaired) electrons. The second-order valence-corrected chi connectivity index (χ2v) is 4.97. The molecule has 1 heterocycles. The van der Waals surface area contributed by atoms with Crippen molar-refractivity contribution >= 4 is 11.8 Å². The standard InChI is InChI=1S/C15H20FN3O3/c16-13-4-2-1-3-12(13)15(21)18-11-14(20)17-5-6-19-7-9-22-10-8-19/h1-4H,5-11H2,(H,17,20)(H,18,21). The van der Waals surface area contributed by atoms with Crippen molar-refractivity contribution in [1.29, 1.82) is 0 Å². The summed E-state index contributed by atoms with van der Waals surface area (Å²) in [5.41, 5.74) is -0.0661. The van der Waals surface area contributed by atoms with Gasteiger partial charge >= 0.3 is 0 Å². The molecule has 0 aliphatic carbocycles. The maximum Gasteiger partial charge on any atom is 0.254 e. The van der Waals surface area contributed by atoms with Crippen molar-refractivity contribution in [2.45, 2.75) is 0 Å². The van der Waals surface area contributed by atoms with Crippen LogP contribution < -0.4 is 10.6 Å². The zero-order valence-corrected chi connectivity index (χ0v) is 12.3. The zero-order chi connectivity index (χ0) is 15.8. The van der Waals surface area contributed by atoms with E-state index in [1.54, 1.807) is 6.07 Å². The number of hydrogen-bond donors (Lipinski definition) is 2. The second-order valence-electron chi connectivity index (χ2n) is 4.97. The molecule has 6 nitrogen and oxygen atoms in total. The summed E-state index contributed by atoms with van der Waals surface area (Å²) in [5, 5.41) is 5.12. The predicted molar refractivity (Wildman–Crippen MR) is 79.0 cm³/mol. The number of nitrogens with zero attached hydrogens (tertiary/aromatic N) is 1. The van der Waals surface area contributed by atoms with Gasteiger partial charge in [-0.25, -0.2) is 4.39 Å². The van der Waals surface area contributed by atoms with E-state index in [4.69, 9.17) is 4.74 Å². The van der Waals surface area contributed by atoms with Gasteiger partial charge in [-0.2, -0.15) is 0 Å². The van der Waals surface area contributed by atoms with Gasteiger partial charge < -0.3 is 15.4 Å². The van der Waals surface area contributed by atoms with Crippen molar-refractivity contribution in [3.05, 3.63) is 35.6 Å². The first kappa shape index (κ1) is 16.4. The third-order valence-electron chi connectivity index (χ3n) is 3.38. The van der Waals surface area contributed by atoms with Gasteiger partial charge in [0, 0.05) is 26.2 Å². The fraction of sp³-hybridized carbons (Fsp3) is 0.467. The lowest BCUT2D eigenvalue weighted by Gasteiger charge is -2.26. The van der Waals surface area contributed by atoms with Crippen LogP contribution >= 0.6 is 0 Å². The van der Waals surface area contributed by atoms with Crippen molar-refractivity contribution < 1.29 is 18.7 Å². The van der Waals surface area contributed by atoms with Gasteiger partial charge in [-0.3, -0.25) is 14.5 Å². The number of morpholine rings is 1. The van der Waals surface area contributed by atoms with Crippen molar-refractivity contribution in [1.82, 2.24) is 15.5 Å². The summed E-state index contributed by atoms with van der Waals surface area (Å²) < 4.78 is 18.6. The van der Waals surface area contributed by atoms with Crippen LogP contribution in [0.2, 0.25) is 0 Å². The molecule has 1 aliphatic rings. The number of rotatable bonds is 6. The smallest absolute Gasteiger partial charge is 0.254 e. The third-order valence-corrected chi connectivity index (χ3v) is 3.38. The molecule has 1 fully saturated rings. The van der Waals surface area contributed by atoms with E-state index in [-0.39, 0.29) is 18.0 Å². The van der Waals surface area contributed by atoms with Crippen LogP contribution in [0.15, 0.2) is 24.3 Å². The Balaban J connectivity index is 1.65. The third kappa shape index (κ3) is 5.09. The largest absolute Gasteiger partial charge is 0.379 e. The molecule has 120 valence electrons. The Bertz CT molecular complexity index is 519. The molecule has 2 N–H and O–H groups in total. The Morgan fingerprint density at radius 2 is 1.91 bits per heavy atom. The number of amides is 2. The Kier molecular flexibility index (Phi) is 6.29. The van der Waals surface area contributed by atoms with E-state index < -0.39 is 11.7 Å². The average Bonchev–Trinajstić information content (AvgIpc) is 2.54. The molecule has 0 aromatic heterocycles. The maximum atomic E-state index is 13.4. The van der Waals surface area contributed by atoms with E-state index in [0.717, 1.165) is 19.6 Å². The van der Waals surface area contributed by atoms with Gasteiger partial charge in [0.05, 0.1) is 25.3 Å². The monoisotopic (exact) mass is 309 g/mol. The minimum Gasteiger partial charge on any atom is -0.379 e. The molecule has 22 heavy (non-hydrogen) atoms. The van der Waals surface area contributed by atoms with Crippen LogP contribution in [0, 0.1) is 5.82 Å². The van der Waals surface area contributed by atoms with Crippen LogP contribution in [0.5, 0.6) is 0 Å². The van der Waals surface area contributed by atoms with Gasteiger partial charge in [-0.05, 0) is 12.1 Å². The van der Waals surface area contributed by atoms with Crippen molar-refractivity contribution in [3.63, 3.8) is 0 Å². The summed E-state index contributed by atoms with van der Waals surface area (Å²) >= 11 is 0. The van der Waals surface area contributed by atoms with Crippen LogP contribution in [0.3, 0.4) is 0 Å². The Morgan fingerprint density at radius 3 is 2.64 bits per heavy atom. The van der Waals surface area contributed by atoms with Gasteiger partial charge in [0.1, 0.15) is 5.82 Å². The molecule has 1 aliphatic heterocycles. The van der Waals surface area contributed by atoms with Crippen molar-refractivity contribution in [3.8, 4) is 0 Å². The molecule has 2 amide bonds. The second kappa shape index (κ2) is 8.45. The van der Waals surface area contributed by atoms with Crippen molar-refractivity contribution in [2.75, 3.05) is 45.9 Å². The van der Waals surface area contributed by atoms with Crippen LogP contribution in [0.4, 0.5) is 4.39 Å². The molecule has 1 aromatic carbocycles. The topological polar surface area (TPSA) is 70.7 Å². The molecule has 0 atom stereocenters. The normalized spacial score (nSPS) is 15.3. The Labute approximate surface area is 128 Å². The molecule has 0 unspecified atom stereocenters. The summed E-state index contributed by atoms with van der Waals surface area (Å²) in [6.45, 7) is 4.24. The van der Waals surface area contributed by atoms with Crippen LogP contribution in [-0.2, 0) is 9.53 Å². The van der Waals surface area contributed by atoms with E-state index in [0.29, 0.717) is 19.8 Å². The number of ether oxygens (including phenoxy) is 1. The lowest BCUT2D eigenvalue weighted by Crippen LogP contribution is -2.43. The molecule has 0 spiro atoms. The van der Waals surface area contributed by atoms with Crippen LogP contribution in [-0.4, -0.2) is 62.7 Å². The lowest BCUT2D eigenvalue weighted by atomic mass is 10.2. The molecular formula is C15H20FN3O3. The van der Waals surface area contributed by atoms with Gasteiger partial charge in [-0.15, -0.1) is 0 Å². The fourth-order valence-corrected chi connectivity index (χ4v) is 2.14. The first-order chi connectivity index (χ1) is 10.7. The zero-order valence-electron chi connectivity index (χ0n) is 12.3. The molecule has 7 heteroatoms. The predicted octanol–water partition coefficient (Wildman–Crippen LogP) is 0.00390. The highest BCUT2D eigenvalue weighted by atomic mass is 19.1. The Hall–Kier alpha value is -1.99. The molecule has 2 rings (SSSR count). The summed E-state index contributed by atoms with van der Waals surface area (Å²) in [6, 6.07) is 5.66.